The molecule has 0 unspecified atom stereocenters. The number of hydrogen-bond donors (Lipinski definition) is 2. The van der Waals surface area contributed by atoms with Crippen LogP contribution in [0.2, 0.25) is 0 Å². The molecule has 0 bridgehead atoms. The molecule has 0 aliphatic carbocycles. The summed E-state index contributed by atoms with van der Waals surface area (Å²) >= 11 is 0. The first-order valence-electron chi connectivity index (χ1n) is 7.18. The van der Waals surface area contributed by atoms with E-state index in [0.717, 1.165) is 0 Å². The number of rotatable bonds is 1. The third kappa shape index (κ3) is 2.52. The number of aryl methyl sites for hydroxylation is 1. The molecule has 2 aliphatic heterocycles. The Morgan fingerprint density at radius 3 is 2.59 bits per heavy atom. The van der Waals surface area contributed by atoms with Crippen molar-refractivity contribution in [1.82, 2.24) is 9.55 Å². The van der Waals surface area contributed by atoms with Gasteiger partial charge in [-0.1, -0.05) is 0 Å². The van der Waals surface area contributed by atoms with Gasteiger partial charge in [-0.05, 0) is 20.8 Å². The van der Waals surface area contributed by atoms with E-state index in [9.17, 15) is 14.7 Å². The smallest absolute Gasteiger partial charge is 0.330 e. The molecule has 22 heavy (non-hydrogen) atoms. The lowest BCUT2D eigenvalue weighted by Gasteiger charge is -2.42. The number of aromatic nitrogens is 2. The molecule has 0 saturated carbocycles. The van der Waals surface area contributed by atoms with E-state index in [1.165, 1.54) is 10.8 Å². The number of H-pyrrole nitrogens is 1. The Bertz CT molecular complexity index is 681. The van der Waals surface area contributed by atoms with Crippen LogP contribution in [0.15, 0.2) is 15.8 Å². The fourth-order valence-corrected chi connectivity index (χ4v) is 2.71. The van der Waals surface area contributed by atoms with Crippen LogP contribution in [0.4, 0.5) is 0 Å². The van der Waals surface area contributed by atoms with Crippen molar-refractivity contribution in [2.24, 2.45) is 0 Å². The number of aliphatic hydroxyl groups excluding tert-OH is 1. The van der Waals surface area contributed by atoms with Crippen LogP contribution in [-0.4, -0.2) is 45.4 Å². The van der Waals surface area contributed by atoms with Crippen LogP contribution in [0.5, 0.6) is 0 Å². The first-order chi connectivity index (χ1) is 10.2. The minimum absolute atomic E-state index is 0.175. The summed E-state index contributed by atoms with van der Waals surface area (Å²) < 4.78 is 18.3. The fourth-order valence-electron chi connectivity index (χ4n) is 2.71. The SMILES string of the molecule is Cc1cn([C@H]2C[C@H](O)C3(COC(C)(C)OC3)O2)c(=O)[nH]c1=O. The Hall–Kier alpha value is -1.48. The van der Waals surface area contributed by atoms with Crippen molar-refractivity contribution >= 4 is 0 Å². The van der Waals surface area contributed by atoms with Crippen molar-refractivity contribution < 1.29 is 19.3 Å². The molecule has 2 fully saturated rings. The summed E-state index contributed by atoms with van der Waals surface area (Å²) in [4.78, 5) is 25.6. The van der Waals surface area contributed by atoms with E-state index in [-0.39, 0.29) is 19.6 Å². The summed E-state index contributed by atoms with van der Waals surface area (Å²) in [5.41, 5.74) is -1.59. The first-order valence-corrected chi connectivity index (χ1v) is 7.18. The standard InChI is InChI=1S/C14H20N2O6/c1-8-5-16(12(19)15-11(8)18)10-4-9(17)14(22-10)6-20-13(2,3)21-7-14/h5,9-10,17H,4,6-7H2,1-3H3,(H,15,18,19)/t9-,10+/m0/s1. The van der Waals surface area contributed by atoms with Gasteiger partial charge in [-0.2, -0.15) is 0 Å². The number of hydrogen-bond acceptors (Lipinski definition) is 6. The lowest BCUT2D eigenvalue weighted by Crippen LogP contribution is -2.56. The molecule has 0 amide bonds. The average molecular weight is 312 g/mol. The molecule has 122 valence electrons. The molecule has 3 rings (SSSR count). The van der Waals surface area contributed by atoms with Crippen LogP contribution in [0.25, 0.3) is 0 Å². The van der Waals surface area contributed by atoms with Gasteiger partial charge in [0, 0.05) is 18.2 Å². The van der Waals surface area contributed by atoms with Crippen LogP contribution in [-0.2, 0) is 14.2 Å². The molecular weight excluding hydrogens is 292 g/mol. The molecule has 1 aromatic rings. The van der Waals surface area contributed by atoms with Crippen LogP contribution in [0.1, 0.15) is 32.1 Å². The van der Waals surface area contributed by atoms with E-state index in [2.05, 4.69) is 4.98 Å². The summed E-state index contributed by atoms with van der Waals surface area (Å²) in [6.45, 7) is 5.53. The highest BCUT2D eigenvalue weighted by molar-refractivity contribution is 5.04. The predicted octanol–water partition coefficient (Wildman–Crippen LogP) is -0.353. The van der Waals surface area contributed by atoms with Crippen molar-refractivity contribution in [3.05, 3.63) is 32.6 Å². The summed E-state index contributed by atoms with van der Waals surface area (Å²) in [5.74, 6) is -0.724. The Labute approximate surface area is 126 Å². The molecular formula is C14H20N2O6. The van der Waals surface area contributed by atoms with E-state index >= 15 is 0 Å². The third-order valence-electron chi connectivity index (χ3n) is 4.19. The van der Waals surface area contributed by atoms with Gasteiger partial charge in [-0.25, -0.2) is 4.79 Å². The number of aliphatic hydroxyl groups is 1. The van der Waals surface area contributed by atoms with Gasteiger partial charge in [0.05, 0.1) is 19.3 Å². The highest BCUT2D eigenvalue weighted by Gasteiger charge is 2.53. The summed E-state index contributed by atoms with van der Waals surface area (Å²) in [6.07, 6.45) is 0.157. The lowest BCUT2D eigenvalue weighted by molar-refractivity contribution is -0.319. The Kier molecular flexibility index (Phi) is 3.52. The van der Waals surface area contributed by atoms with Crippen molar-refractivity contribution in [3.63, 3.8) is 0 Å². The summed E-state index contributed by atoms with van der Waals surface area (Å²) in [7, 11) is 0. The van der Waals surface area contributed by atoms with Crippen LogP contribution >= 0.6 is 0 Å². The van der Waals surface area contributed by atoms with Crippen LogP contribution < -0.4 is 11.2 Å². The second-order valence-corrected chi connectivity index (χ2v) is 6.34. The van der Waals surface area contributed by atoms with Gasteiger partial charge in [0.1, 0.15) is 11.8 Å². The van der Waals surface area contributed by atoms with E-state index in [1.54, 1.807) is 20.8 Å². The summed E-state index contributed by atoms with van der Waals surface area (Å²) in [6, 6.07) is 0. The Morgan fingerprint density at radius 1 is 1.32 bits per heavy atom. The topological polar surface area (TPSA) is 103 Å². The second-order valence-electron chi connectivity index (χ2n) is 6.34. The van der Waals surface area contributed by atoms with Crippen molar-refractivity contribution in [2.45, 2.75) is 50.9 Å². The molecule has 2 saturated heterocycles. The van der Waals surface area contributed by atoms with Crippen molar-refractivity contribution in [3.8, 4) is 0 Å². The number of aromatic amines is 1. The molecule has 1 aromatic heterocycles. The van der Waals surface area contributed by atoms with Gasteiger partial charge in [0.25, 0.3) is 5.56 Å². The monoisotopic (exact) mass is 312 g/mol. The minimum Gasteiger partial charge on any atom is -0.390 e. The fraction of sp³-hybridized carbons (Fsp3) is 0.714. The molecule has 8 heteroatoms. The van der Waals surface area contributed by atoms with Gasteiger partial charge in [-0.3, -0.25) is 14.3 Å². The lowest BCUT2D eigenvalue weighted by atomic mass is 9.97. The normalized spacial score (nSPS) is 29.8. The van der Waals surface area contributed by atoms with Gasteiger partial charge < -0.3 is 19.3 Å². The van der Waals surface area contributed by atoms with Crippen LogP contribution in [0.3, 0.4) is 0 Å². The van der Waals surface area contributed by atoms with E-state index in [0.29, 0.717) is 5.56 Å². The number of nitrogens with one attached hydrogen (secondary N) is 1. The van der Waals surface area contributed by atoms with Gasteiger partial charge in [0.2, 0.25) is 0 Å². The Morgan fingerprint density at radius 2 is 1.95 bits per heavy atom. The maximum absolute atomic E-state index is 11.9. The predicted molar refractivity (Wildman–Crippen MR) is 75.5 cm³/mol. The zero-order valence-electron chi connectivity index (χ0n) is 12.8. The van der Waals surface area contributed by atoms with E-state index in [1.807, 2.05) is 0 Å². The maximum Gasteiger partial charge on any atom is 0.330 e. The van der Waals surface area contributed by atoms with Gasteiger partial charge in [0.15, 0.2) is 5.79 Å². The molecule has 8 nitrogen and oxygen atoms in total. The number of ether oxygens (including phenoxy) is 3. The number of nitrogens with zero attached hydrogens (tertiary/aromatic N) is 1. The molecule has 2 N–H and O–H groups in total. The van der Waals surface area contributed by atoms with Crippen molar-refractivity contribution in [2.75, 3.05) is 13.2 Å². The molecule has 2 atom stereocenters. The van der Waals surface area contributed by atoms with Gasteiger partial charge in [-0.15, -0.1) is 0 Å². The van der Waals surface area contributed by atoms with Crippen LogP contribution in [0, 0.1) is 6.92 Å². The average Bonchev–Trinajstić information content (AvgIpc) is 2.75. The first kappa shape index (κ1) is 15.4. The summed E-state index contributed by atoms with van der Waals surface area (Å²) in [5, 5.41) is 10.3. The minimum atomic E-state index is -0.996. The molecule has 1 spiro atoms. The largest absolute Gasteiger partial charge is 0.390 e. The maximum atomic E-state index is 11.9. The van der Waals surface area contributed by atoms with Crippen molar-refractivity contribution in [1.29, 1.82) is 0 Å². The zero-order chi connectivity index (χ0) is 16.1. The third-order valence-corrected chi connectivity index (χ3v) is 4.19. The highest BCUT2D eigenvalue weighted by atomic mass is 16.7. The van der Waals surface area contributed by atoms with Gasteiger partial charge >= 0.3 is 5.69 Å². The molecule has 3 heterocycles. The zero-order valence-corrected chi connectivity index (χ0v) is 12.8. The quantitative estimate of drug-likeness (QED) is 0.734. The second kappa shape index (κ2) is 5.02. The van der Waals surface area contributed by atoms with E-state index in [4.69, 9.17) is 14.2 Å². The Balaban J connectivity index is 1.87. The molecule has 0 aromatic carbocycles. The highest BCUT2D eigenvalue weighted by Crippen LogP contribution is 2.40. The molecule has 0 radical (unpaired) electrons. The molecule has 2 aliphatic rings. The van der Waals surface area contributed by atoms with E-state index < -0.39 is 35.0 Å².